The fraction of sp³-hybridized carbons (Fsp3) is 0.462. The van der Waals surface area contributed by atoms with Crippen LogP contribution in [0.4, 0.5) is 10.5 Å². The molecule has 0 saturated heterocycles. The van der Waals surface area contributed by atoms with Crippen molar-refractivity contribution in [1.29, 1.82) is 0 Å². The van der Waals surface area contributed by atoms with Crippen LogP contribution >= 0.6 is 27.7 Å². The first kappa shape index (κ1) is 15.4. The van der Waals surface area contributed by atoms with Gasteiger partial charge in [-0.3, -0.25) is 5.32 Å². The molecule has 1 N–H and O–H groups in total. The van der Waals surface area contributed by atoms with E-state index in [4.69, 9.17) is 4.74 Å². The van der Waals surface area contributed by atoms with Gasteiger partial charge in [0.2, 0.25) is 0 Å². The summed E-state index contributed by atoms with van der Waals surface area (Å²) in [5, 5.41) is 3.20. The molecule has 0 heterocycles. The van der Waals surface area contributed by atoms with Crippen molar-refractivity contribution in [3.05, 3.63) is 22.7 Å². The van der Waals surface area contributed by atoms with Crippen LogP contribution in [-0.2, 0) is 4.74 Å². The van der Waals surface area contributed by atoms with Crippen LogP contribution in [0, 0.1) is 0 Å². The smallest absolute Gasteiger partial charge is 0.411 e. The molecule has 1 aromatic rings. The van der Waals surface area contributed by atoms with Gasteiger partial charge >= 0.3 is 6.09 Å². The minimum atomic E-state index is -0.423. The Morgan fingerprint density at radius 3 is 2.56 bits per heavy atom. The van der Waals surface area contributed by atoms with Gasteiger partial charge in [0.15, 0.2) is 0 Å². The first-order valence-electron chi connectivity index (χ1n) is 5.82. The number of amides is 1. The summed E-state index contributed by atoms with van der Waals surface area (Å²) >= 11 is 5.24. The molecule has 1 aromatic carbocycles. The largest absolute Gasteiger partial charge is 0.447 e. The predicted molar refractivity (Wildman–Crippen MR) is 80.4 cm³/mol. The molecule has 0 saturated carbocycles. The Morgan fingerprint density at radius 1 is 1.33 bits per heavy atom. The van der Waals surface area contributed by atoms with Crippen LogP contribution in [0.5, 0.6) is 0 Å². The number of rotatable bonds is 4. The quantitative estimate of drug-likeness (QED) is 0.797. The van der Waals surface area contributed by atoms with Crippen LogP contribution in [0.15, 0.2) is 27.6 Å². The Balaban J connectivity index is 2.75. The van der Waals surface area contributed by atoms with Gasteiger partial charge in [0.25, 0.3) is 0 Å². The molecule has 0 atom stereocenters. The lowest BCUT2D eigenvalue weighted by atomic mass is 10.3. The molecule has 1 rings (SSSR count). The van der Waals surface area contributed by atoms with Crippen LogP contribution < -0.4 is 5.32 Å². The molecule has 0 fully saturated rings. The number of thioether (sulfide) groups is 1. The number of hydrogen-bond acceptors (Lipinski definition) is 3. The molecular formula is C13H18BrNO2S. The fourth-order valence-corrected chi connectivity index (χ4v) is 2.70. The summed E-state index contributed by atoms with van der Waals surface area (Å²) in [6.45, 7) is 7.90. The Morgan fingerprint density at radius 2 is 2.00 bits per heavy atom. The van der Waals surface area contributed by atoms with Crippen molar-refractivity contribution in [2.24, 2.45) is 0 Å². The molecule has 1 amide bonds. The first-order valence-corrected chi connectivity index (χ1v) is 7.49. The van der Waals surface area contributed by atoms with E-state index < -0.39 is 6.09 Å². The van der Waals surface area contributed by atoms with Gasteiger partial charge in [-0.15, -0.1) is 11.8 Å². The summed E-state index contributed by atoms with van der Waals surface area (Å²) in [5.41, 5.74) is 0.743. The normalized spacial score (nSPS) is 10.8. The third-order valence-corrected chi connectivity index (χ3v) is 3.90. The number of hydrogen-bond donors (Lipinski definition) is 1. The van der Waals surface area contributed by atoms with Crippen LogP contribution in [0.25, 0.3) is 0 Å². The van der Waals surface area contributed by atoms with Crippen molar-refractivity contribution in [2.75, 3.05) is 5.32 Å². The lowest BCUT2D eigenvalue weighted by Crippen LogP contribution is -2.17. The zero-order valence-corrected chi connectivity index (χ0v) is 13.4. The van der Waals surface area contributed by atoms with E-state index in [1.807, 2.05) is 32.0 Å². The van der Waals surface area contributed by atoms with E-state index >= 15 is 0 Å². The Kier molecular flexibility index (Phi) is 6.02. The zero-order chi connectivity index (χ0) is 13.7. The standard InChI is InChI=1S/C13H18BrNO2S/c1-8(2)17-13(16)15-10-5-6-11(14)12(7-10)18-9(3)4/h5-9H,1-4H3,(H,15,16). The number of ether oxygens (including phenoxy) is 1. The van der Waals surface area contributed by atoms with E-state index in [2.05, 4.69) is 35.1 Å². The molecular weight excluding hydrogens is 314 g/mol. The van der Waals surface area contributed by atoms with Crippen molar-refractivity contribution in [3.63, 3.8) is 0 Å². The molecule has 18 heavy (non-hydrogen) atoms. The van der Waals surface area contributed by atoms with Gasteiger partial charge in [-0.05, 0) is 48.0 Å². The summed E-state index contributed by atoms with van der Waals surface area (Å²) in [7, 11) is 0. The third-order valence-electron chi connectivity index (χ3n) is 1.88. The van der Waals surface area contributed by atoms with Crippen LogP contribution in [0.3, 0.4) is 0 Å². The topological polar surface area (TPSA) is 38.3 Å². The van der Waals surface area contributed by atoms with Gasteiger partial charge in [-0.1, -0.05) is 13.8 Å². The van der Waals surface area contributed by atoms with E-state index in [9.17, 15) is 4.79 Å². The number of halogens is 1. The van der Waals surface area contributed by atoms with Gasteiger partial charge in [0.05, 0.1) is 6.10 Å². The lowest BCUT2D eigenvalue weighted by Gasteiger charge is -2.12. The molecule has 0 aliphatic heterocycles. The second kappa shape index (κ2) is 7.04. The lowest BCUT2D eigenvalue weighted by molar-refractivity contribution is 0.130. The fourth-order valence-electron chi connectivity index (χ4n) is 1.29. The number of nitrogens with one attached hydrogen (secondary N) is 1. The van der Waals surface area contributed by atoms with Crippen molar-refractivity contribution >= 4 is 39.5 Å². The number of anilines is 1. The maximum atomic E-state index is 11.5. The predicted octanol–water partition coefficient (Wildman–Crippen LogP) is 4.91. The van der Waals surface area contributed by atoms with Gasteiger partial charge in [0.1, 0.15) is 0 Å². The highest BCUT2D eigenvalue weighted by Gasteiger charge is 2.09. The minimum Gasteiger partial charge on any atom is -0.447 e. The molecule has 3 nitrogen and oxygen atoms in total. The van der Waals surface area contributed by atoms with Gasteiger partial charge < -0.3 is 4.74 Å². The summed E-state index contributed by atoms with van der Waals surface area (Å²) in [6, 6.07) is 5.71. The highest BCUT2D eigenvalue weighted by Crippen LogP contribution is 2.32. The molecule has 0 radical (unpaired) electrons. The third kappa shape index (κ3) is 5.31. The molecule has 0 aliphatic carbocycles. The van der Waals surface area contributed by atoms with E-state index in [1.54, 1.807) is 11.8 Å². The number of carbonyl (C=O) groups is 1. The van der Waals surface area contributed by atoms with Crippen LogP contribution in [0.1, 0.15) is 27.7 Å². The molecule has 0 aromatic heterocycles. The summed E-state index contributed by atoms with van der Waals surface area (Å²) < 4.78 is 6.07. The Hall–Kier alpha value is -0.680. The van der Waals surface area contributed by atoms with Crippen molar-refractivity contribution < 1.29 is 9.53 Å². The van der Waals surface area contributed by atoms with Crippen molar-refractivity contribution in [1.82, 2.24) is 0 Å². The van der Waals surface area contributed by atoms with Crippen LogP contribution in [-0.4, -0.2) is 17.4 Å². The minimum absolute atomic E-state index is 0.120. The number of carbonyl (C=O) groups excluding carboxylic acids is 1. The van der Waals surface area contributed by atoms with E-state index in [0.29, 0.717) is 5.25 Å². The van der Waals surface area contributed by atoms with E-state index in [0.717, 1.165) is 15.1 Å². The molecule has 0 bridgehead atoms. The zero-order valence-electron chi connectivity index (χ0n) is 11.0. The molecule has 5 heteroatoms. The SMILES string of the molecule is CC(C)OC(=O)Nc1ccc(Br)c(SC(C)C)c1. The summed E-state index contributed by atoms with van der Waals surface area (Å²) in [4.78, 5) is 12.6. The van der Waals surface area contributed by atoms with Gasteiger partial charge in [-0.25, -0.2) is 4.79 Å². The van der Waals surface area contributed by atoms with Gasteiger partial charge in [0, 0.05) is 20.3 Å². The maximum absolute atomic E-state index is 11.5. The van der Waals surface area contributed by atoms with Crippen molar-refractivity contribution in [2.45, 2.75) is 43.9 Å². The van der Waals surface area contributed by atoms with Gasteiger partial charge in [-0.2, -0.15) is 0 Å². The average molecular weight is 332 g/mol. The monoisotopic (exact) mass is 331 g/mol. The second-order valence-corrected chi connectivity index (χ2v) is 6.86. The molecule has 0 spiro atoms. The molecule has 100 valence electrons. The van der Waals surface area contributed by atoms with Crippen LogP contribution in [0.2, 0.25) is 0 Å². The average Bonchev–Trinajstić information content (AvgIpc) is 2.21. The Labute approximate surface area is 121 Å². The second-order valence-electron chi connectivity index (χ2n) is 4.39. The first-order chi connectivity index (χ1) is 8.38. The summed E-state index contributed by atoms with van der Waals surface area (Å²) in [6.07, 6.45) is -0.544. The molecule has 0 unspecified atom stereocenters. The Bertz CT molecular complexity index is 421. The molecule has 0 aliphatic rings. The maximum Gasteiger partial charge on any atom is 0.411 e. The number of benzene rings is 1. The highest BCUT2D eigenvalue weighted by atomic mass is 79.9. The highest BCUT2D eigenvalue weighted by molar-refractivity contribution is 9.10. The van der Waals surface area contributed by atoms with E-state index in [-0.39, 0.29) is 6.10 Å². The summed E-state index contributed by atoms with van der Waals surface area (Å²) in [5.74, 6) is 0. The van der Waals surface area contributed by atoms with Crippen molar-refractivity contribution in [3.8, 4) is 0 Å². The van der Waals surface area contributed by atoms with E-state index in [1.165, 1.54) is 0 Å².